The Balaban J connectivity index is 2.10. The summed E-state index contributed by atoms with van der Waals surface area (Å²) in [6.45, 7) is 15.4. The van der Waals surface area contributed by atoms with Crippen molar-refractivity contribution in [2.24, 2.45) is 5.92 Å². The van der Waals surface area contributed by atoms with Crippen molar-refractivity contribution in [3.8, 4) is 0 Å². The van der Waals surface area contributed by atoms with Gasteiger partial charge in [0.2, 0.25) is 0 Å². The largest absolute Gasteiger partial charge is 0.353 e. The molecular weight excluding hydrogens is 246 g/mol. The Morgan fingerprint density at radius 1 is 1.35 bits per heavy atom. The number of hydrogen-bond donors (Lipinski definition) is 1. The van der Waals surface area contributed by atoms with Gasteiger partial charge in [0.15, 0.2) is 0 Å². The molecule has 0 spiro atoms. The Kier molecular flexibility index (Phi) is 4.38. The third-order valence-corrected chi connectivity index (χ3v) is 3.99. The molecule has 3 nitrogen and oxygen atoms in total. The molecule has 1 aromatic rings. The highest BCUT2D eigenvalue weighted by Crippen LogP contribution is 2.29. The lowest BCUT2D eigenvalue weighted by atomic mass is 10.1. The van der Waals surface area contributed by atoms with Gasteiger partial charge < -0.3 is 10.2 Å². The number of aryl methyl sites for hydroxylation is 1. The lowest BCUT2D eigenvalue weighted by molar-refractivity contribution is 0.424. The Labute approximate surface area is 123 Å². The predicted octanol–water partition coefficient (Wildman–Crippen LogP) is 3.51. The topological polar surface area (TPSA) is 28.2 Å². The second-order valence-corrected chi connectivity index (χ2v) is 7.43. The maximum Gasteiger partial charge on any atom is 0.131 e. The molecule has 0 aliphatic carbocycles. The van der Waals surface area contributed by atoms with E-state index >= 15 is 0 Å². The highest BCUT2D eigenvalue weighted by Gasteiger charge is 2.27. The monoisotopic (exact) mass is 275 g/mol. The minimum absolute atomic E-state index is 0.144. The highest BCUT2D eigenvalue weighted by atomic mass is 15.2. The van der Waals surface area contributed by atoms with Crippen molar-refractivity contribution in [3.05, 3.63) is 23.4 Å². The van der Waals surface area contributed by atoms with E-state index in [1.165, 1.54) is 23.4 Å². The molecule has 2 rings (SSSR count). The van der Waals surface area contributed by atoms with E-state index in [4.69, 9.17) is 4.98 Å². The first-order valence-corrected chi connectivity index (χ1v) is 7.73. The second-order valence-electron chi connectivity index (χ2n) is 7.43. The molecule has 2 heterocycles. The Hall–Kier alpha value is -1.09. The van der Waals surface area contributed by atoms with Crippen LogP contribution in [-0.2, 0) is 6.54 Å². The number of aromatic nitrogens is 1. The van der Waals surface area contributed by atoms with Gasteiger partial charge in [0.25, 0.3) is 0 Å². The molecule has 20 heavy (non-hydrogen) atoms. The minimum Gasteiger partial charge on any atom is -0.353 e. The van der Waals surface area contributed by atoms with Crippen molar-refractivity contribution in [1.29, 1.82) is 0 Å². The van der Waals surface area contributed by atoms with Gasteiger partial charge in [0.05, 0.1) is 0 Å². The molecule has 1 saturated heterocycles. The van der Waals surface area contributed by atoms with Crippen molar-refractivity contribution in [2.75, 3.05) is 11.4 Å². The number of anilines is 1. The highest BCUT2D eigenvalue weighted by molar-refractivity contribution is 5.49. The molecule has 3 heteroatoms. The van der Waals surface area contributed by atoms with E-state index in [9.17, 15) is 0 Å². The van der Waals surface area contributed by atoms with Gasteiger partial charge in [-0.25, -0.2) is 4.98 Å². The average Bonchev–Trinajstić information content (AvgIpc) is 2.65. The Bertz CT molecular complexity index is 462. The first-order chi connectivity index (χ1) is 9.26. The summed E-state index contributed by atoms with van der Waals surface area (Å²) in [6, 6.07) is 2.88. The molecule has 112 valence electrons. The quantitative estimate of drug-likeness (QED) is 0.915. The van der Waals surface area contributed by atoms with Crippen molar-refractivity contribution in [3.63, 3.8) is 0 Å². The van der Waals surface area contributed by atoms with Crippen LogP contribution in [-0.4, -0.2) is 23.1 Å². The number of nitrogens with zero attached hydrogens (tertiary/aromatic N) is 2. The third-order valence-electron chi connectivity index (χ3n) is 3.99. The fourth-order valence-corrected chi connectivity index (χ4v) is 2.99. The molecule has 1 fully saturated rings. The lowest BCUT2D eigenvalue weighted by Crippen LogP contribution is -2.35. The van der Waals surface area contributed by atoms with Crippen LogP contribution in [0, 0.1) is 12.8 Å². The molecule has 0 aromatic carbocycles. The van der Waals surface area contributed by atoms with Crippen LogP contribution >= 0.6 is 0 Å². The molecule has 2 unspecified atom stereocenters. The van der Waals surface area contributed by atoms with Gasteiger partial charge in [-0.15, -0.1) is 0 Å². The van der Waals surface area contributed by atoms with E-state index in [0.717, 1.165) is 19.0 Å². The van der Waals surface area contributed by atoms with Crippen LogP contribution in [0.15, 0.2) is 12.3 Å². The van der Waals surface area contributed by atoms with E-state index in [1.807, 2.05) is 6.20 Å². The summed E-state index contributed by atoms with van der Waals surface area (Å²) < 4.78 is 0. The Morgan fingerprint density at radius 3 is 2.55 bits per heavy atom. The summed E-state index contributed by atoms with van der Waals surface area (Å²) >= 11 is 0. The Morgan fingerprint density at radius 2 is 2.05 bits per heavy atom. The second kappa shape index (κ2) is 5.72. The average molecular weight is 275 g/mol. The van der Waals surface area contributed by atoms with Crippen LogP contribution < -0.4 is 10.2 Å². The SMILES string of the molecule is Cc1cc(CNC(C)(C)C)cnc1N1CC(C)CC1C. The zero-order valence-corrected chi connectivity index (χ0v) is 13.8. The summed E-state index contributed by atoms with van der Waals surface area (Å²) in [5.74, 6) is 1.94. The van der Waals surface area contributed by atoms with Gasteiger partial charge in [-0.2, -0.15) is 0 Å². The molecule has 0 amide bonds. The molecule has 0 saturated carbocycles. The van der Waals surface area contributed by atoms with Crippen LogP contribution in [0.2, 0.25) is 0 Å². The van der Waals surface area contributed by atoms with Crippen LogP contribution in [0.3, 0.4) is 0 Å². The number of nitrogens with one attached hydrogen (secondary N) is 1. The minimum atomic E-state index is 0.144. The number of pyridine rings is 1. The van der Waals surface area contributed by atoms with E-state index < -0.39 is 0 Å². The first-order valence-electron chi connectivity index (χ1n) is 7.73. The maximum atomic E-state index is 4.73. The molecule has 0 bridgehead atoms. The fraction of sp³-hybridized carbons (Fsp3) is 0.706. The summed E-state index contributed by atoms with van der Waals surface area (Å²) in [6.07, 6.45) is 3.30. The van der Waals surface area contributed by atoms with Crippen LogP contribution in [0.5, 0.6) is 0 Å². The van der Waals surface area contributed by atoms with E-state index in [2.05, 4.69) is 57.8 Å². The third kappa shape index (κ3) is 3.72. The molecule has 1 aliphatic heterocycles. The smallest absolute Gasteiger partial charge is 0.131 e. The molecular formula is C17H29N3. The predicted molar refractivity (Wildman–Crippen MR) is 86.2 cm³/mol. The van der Waals surface area contributed by atoms with Crippen molar-refractivity contribution in [1.82, 2.24) is 10.3 Å². The van der Waals surface area contributed by atoms with Gasteiger partial charge in [0, 0.05) is 30.9 Å². The number of rotatable bonds is 3. The van der Waals surface area contributed by atoms with Crippen molar-refractivity contribution in [2.45, 2.75) is 66.1 Å². The summed E-state index contributed by atoms with van der Waals surface area (Å²) in [5, 5.41) is 3.52. The summed E-state index contributed by atoms with van der Waals surface area (Å²) in [4.78, 5) is 7.19. The molecule has 0 radical (unpaired) electrons. The van der Waals surface area contributed by atoms with Gasteiger partial charge in [-0.05, 0) is 64.2 Å². The standard InChI is InChI=1S/C17H29N3/c1-12-7-14(3)20(11-12)16-13(2)8-15(9-18-16)10-19-17(4,5)6/h8-9,12,14,19H,7,10-11H2,1-6H3. The summed E-state index contributed by atoms with van der Waals surface area (Å²) in [5.41, 5.74) is 2.70. The molecule has 1 aliphatic rings. The van der Waals surface area contributed by atoms with Gasteiger partial charge in [-0.3, -0.25) is 0 Å². The summed E-state index contributed by atoms with van der Waals surface area (Å²) in [7, 11) is 0. The normalized spacial score (nSPS) is 23.4. The zero-order chi connectivity index (χ0) is 14.9. The van der Waals surface area contributed by atoms with Crippen molar-refractivity contribution >= 4 is 5.82 Å². The maximum absolute atomic E-state index is 4.73. The van der Waals surface area contributed by atoms with Crippen LogP contribution in [0.4, 0.5) is 5.82 Å². The van der Waals surface area contributed by atoms with E-state index in [-0.39, 0.29) is 5.54 Å². The molecule has 2 atom stereocenters. The van der Waals surface area contributed by atoms with Gasteiger partial charge in [0.1, 0.15) is 5.82 Å². The van der Waals surface area contributed by atoms with Crippen LogP contribution in [0.1, 0.15) is 52.2 Å². The number of hydrogen-bond acceptors (Lipinski definition) is 3. The molecule has 1 N–H and O–H groups in total. The van der Waals surface area contributed by atoms with Gasteiger partial charge in [-0.1, -0.05) is 6.92 Å². The van der Waals surface area contributed by atoms with Crippen LogP contribution in [0.25, 0.3) is 0 Å². The molecule has 1 aromatic heterocycles. The van der Waals surface area contributed by atoms with E-state index in [0.29, 0.717) is 6.04 Å². The van der Waals surface area contributed by atoms with Gasteiger partial charge >= 0.3 is 0 Å². The fourth-order valence-electron chi connectivity index (χ4n) is 2.99. The van der Waals surface area contributed by atoms with Crippen molar-refractivity contribution < 1.29 is 0 Å². The first kappa shape index (κ1) is 15.3. The van der Waals surface area contributed by atoms with E-state index in [1.54, 1.807) is 0 Å². The zero-order valence-electron chi connectivity index (χ0n) is 13.8. The lowest BCUT2D eigenvalue weighted by Gasteiger charge is -2.25.